The van der Waals surface area contributed by atoms with E-state index in [-0.39, 0.29) is 11.5 Å². The van der Waals surface area contributed by atoms with Crippen LogP contribution in [0.3, 0.4) is 0 Å². The highest BCUT2D eigenvalue weighted by molar-refractivity contribution is 5.42. The summed E-state index contributed by atoms with van der Waals surface area (Å²) in [6.07, 6.45) is 1.83. The van der Waals surface area contributed by atoms with Gasteiger partial charge in [-0.2, -0.15) is 4.39 Å². The lowest BCUT2D eigenvalue weighted by Gasteiger charge is -2.12. The van der Waals surface area contributed by atoms with Crippen LogP contribution in [0.2, 0.25) is 0 Å². The molecule has 0 N–H and O–H groups in total. The fourth-order valence-corrected chi connectivity index (χ4v) is 0.874. The van der Waals surface area contributed by atoms with E-state index in [1.165, 1.54) is 12.1 Å². The fourth-order valence-electron chi connectivity index (χ4n) is 0.874. The zero-order chi connectivity index (χ0) is 8.55. The van der Waals surface area contributed by atoms with Crippen LogP contribution >= 0.6 is 0 Å². The van der Waals surface area contributed by atoms with Gasteiger partial charge in [0.2, 0.25) is 12.0 Å². The quantitative estimate of drug-likeness (QED) is 0.592. The maximum atomic E-state index is 12.8. The molecule has 1 aromatic rings. The minimum atomic E-state index is -1.08. The molecule has 0 spiro atoms. The highest BCUT2D eigenvalue weighted by Gasteiger charge is 2.18. The molecule has 1 aliphatic rings. The molecule has 0 unspecified atom stereocenters. The summed E-state index contributed by atoms with van der Waals surface area (Å²) in [6.45, 7) is 0. The van der Waals surface area contributed by atoms with E-state index in [2.05, 4.69) is 9.47 Å². The molecule has 0 aliphatic carbocycles. The normalized spacial score (nSPS) is 14.0. The SMILES string of the molecule is FC1=[C]Oc2cccc(F)c2O1. The summed E-state index contributed by atoms with van der Waals surface area (Å²) in [6, 6.07) is 2.97. The van der Waals surface area contributed by atoms with E-state index >= 15 is 0 Å². The van der Waals surface area contributed by atoms with Gasteiger partial charge in [0.25, 0.3) is 0 Å². The first-order valence-corrected chi connectivity index (χ1v) is 3.19. The lowest BCUT2D eigenvalue weighted by Crippen LogP contribution is -2.03. The van der Waals surface area contributed by atoms with Crippen molar-refractivity contribution >= 4 is 0 Å². The van der Waals surface area contributed by atoms with Crippen molar-refractivity contribution in [3.8, 4) is 11.5 Å². The minimum Gasteiger partial charge on any atom is -0.443 e. The van der Waals surface area contributed by atoms with Crippen LogP contribution in [0.25, 0.3) is 0 Å². The van der Waals surface area contributed by atoms with Crippen LogP contribution in [0.5, 0.6) is 11.5 Å². The molecule has 0 bridgehead atoms. The van der Waals surface area contributed by atoms with Crippen LogP contribution in [0.1, 0.15) is 0 Å². The van der Waals surface area contributed by atoms with Crippen molar-refractivity contribution in [2.24, 2.45) is 0 Å². The molecule has 0 saturated heterocycles. The molecule has 2 nitrogen and oxygen atoms in total. The summed E-state index contributed by atoms with van der Waals surface area (Å²) in [5.41, 5.74) is 0. The third kappa shape index (κ3) is 1.01. The van der Waals surface area contributed by atoms with Crippen LogP contribution in [0.15, 0.2) is 24.2 Å². The predicted molar refractivity (Wildman–Crippen MR) is 35.5 cm³/mol. The first-order chi connectivity index (χ1) is 5.77. The Morgan fingerprint density at radius 3 is 2.92 bits per heavy atom. The van der Waals surface area contributed by atoms with Gasteiger partial charge in [0.05, 0.1) is 0 Å². The Morgan fingerprint density at radius 2 is 2.08 bits per heavy atom. The molecule has 0 saturated carbocycles. The average molecular weight is 169 g/mol. The zero-order valence-electron chi connectivity index (χ0n) is 5.80. The molecule has 1 heterocycles. The van der Waals surface area contributed by atoms with Crippen molar-refractivity contribution in [3.63, 3.8) is 0 Å². The Morgan fingerprint density at radius 1 is 1.25 bits per heavy atom. The summed E-state index contributed by atoms with van der Waals surface area (Å²) in [4.78, 5) is 0. The number of hydrogen-bond donors (Lipinski definition) is 0. The van der Waals surface area contributed by atoms with Gasteiger partial charge >= 0.3 is 6.01 Å². The van der Waals surface area contributed by atoms with E-state index in [0.717, 1.165) is 6.07 Å². The maximum absolute atomic E-state index is 12.8. The fraction of sp³-hybridized carbons (Fsp3) is 0. The van der Waals surface area contributed by atoms with Crippen molar-refractivity contribution in [1.29, 1.82) is 0 Å². The highest BCUT2D eigenvalue weighted by Crippen LogP contribution is 2.34. The van der Waals surface area contributed by atoms with Gasteiger partial charge in [-0.3, -0.25) is 0 Å². The molecule has 0 aromatic heterocycles. The lowest BCUT2D eigenvalue weighted by atomic mass is 10.3. The number of hydrogen-bond acceptors (Lipinski definition) is 2. The number of para-hydroxylation sites is 1. The number of fused-ring (bicyclic) bond motifs is 1. The summed E-state index contributed by atoms with van der Waals surface area (Å²) < 4.78 is 34.2. The molecule has 4 heteroatoms. The van der Waals surface area contributed by atoms with Gasteiger partial charge in [-0.25, -0.2) is 4.39 Å². The van der Waals surface area contributed by atoms with Gasteiger partial charge in [0.15, 0.2) is 11.6 Å². The second-order valence-corrected chi connectivity index (χ2v) is 2.15. The first kappa shape index (κ1) is 7.09. The Hall–Kier alpha value is -1.58. The van der Waals surface area contributed by atoms with Crippen LogP contribution in [-0.2, 0) is 0 Å². The van der Waals surface area contributed by atoms with Crippen LogP contribution in [0.4, 0.5) is 8.78 Å². The van der Waals surface area contributed by atoms with Crippen molar-refractivity contribution in [3.05, 3.63) is 36.3 Å². The maximum Gasteiger partial charge on any atom is 0.326 e. The van der Waals surface area contributed by atoms with Gasteiger partial charge in [-0.05, 0) is 12.1 Å². The van der Waals surface area contributed by atoms with E-state index in [9.17, 15) is 8.78 Å². The number of rotatable bonds is 0. The lowest BCUT2D eigenvalue weighted by molar-refractivity contribution is 0.221. The summed E-state index contributed by atoms with van der Waals surface area (Å²) in [5.74, 6) is -0.783. The topological polar surface area (TPSA) is 18.5 Å². The van der Waals surface area contributed by atoms with Crippen LogP contribution in [0, 0.1) is 12.1 Å². The van der Waals surface area contributed by atoms with Gasteiger partial charge in [0, 0.05) is 0 Å². The summed E-state index contributed by atoms with van der Waals surface area (Å²) in [5, 5.41) is 0. The van der Waals surface area contributed by atoms with E-state index in [1.54, 1.807) is 0 Å². The van der Waals surface area contributed by atoms with Gasteiger partial charge in [0.1, 0.15) is 0 Å². The van der Waals surface area contributed by atoms with E-state index in [1.807, 2.05) is 6.26 Å². The molecule has 0 atom stereocenters. The molecule has 61 valence electrons. The molecule has 1 radical (unpaired) electrons. The predicted octanol–water partition coefficient (Wildman–Crippen LogP) is 2.17. The van der Waals surface area contributed by atoms with Crippen LogP contribution in [-0.4, -0.2) is 0 Å². The van der Waals surface area contributed by atoms with Gasteiger partial charge in [-0.15, -0.1) is 0 Å². The zero-order valence-corrected chi connectivity index (χ0v) is 5.80. The molecule has 2 rings (SSSR count). The molecule has 1 aromatic carbocycles. The standard InChI is InChI=1S/C8H3F2O2/c9-5-2-1-3-6-8(5)12-7(10)4-11-6/h1-3H. The molecule has 12 heavy (non-hydrogen) atoms. The van der Waals surface area contributed by atoms with Crippen molar-refractivity contribution < 1.29 is 18.3 Å². The molecule has 0 amide bonds. The molecule has 1 aliphatic heterocycles. The minimum absolute atomic E-state index is 0.122. The van der Waals surface area contributed by atoms with Gasteiger partial charge < -0.3 is 9.47 Å². The third-order valence-corrected chi connectivity index (χ3v) is 1.36. The van der Waals surface area contributed by atoms with Crippen molar-refractivity contribution in [2.75, 3.05) is 0 Å². The molecular weight excluding hydrogens is 166 g/mol. The van der Waals surface area contributed by atoms with E-state index in [4.69, 9.17) is 0 Å². The first-order valence-electron chi connectivity index (χ1n) is 3.19. The van der Waals surface area contributed by atoms with E-state index < -0.39 is 11.8 Å². The third-order valence-electron chi connectivity index (χ3n) is 1.36. The second kappa shape index (κ2) is 2.48. The summed E-state index contributed by atoms with van der Waals surface area (Å²) in [7, 11) is 0. The highest BCUT2D eigenvalue weighted by atomic mass is 19.1. The van der Waals surface area contributed by atoms with Gasteiger partial charge in [-0.1, -0.05) is 6.07 Å². The van der Waals surface area contributed by atoms with Crippen LogP contribution < -0.4 is 9.47 Å². The average Bonchev–Trinajstić information content (AvgIpc) is 2.07. The Bertz CT molecular complexity index is 347. The Labute approximate surface area is 67.0 Å². The monoisotopic (exact) mass is 169 g/mol. The summed E-state index contributed by atoms with van der Waals surface area (Å²) >= 11 is 0. The van der Waals surface area contributed by atoms with E-state index in [0.29, 0.717) is 0 Å². The molecular formula is C8H3F2O2. The number of benzene rings is 1. The molecule has 0 fully saturated rings. The Kier molecular flexibility index (Phi) is 1.46. The number of halogens is 2. The van der Waals surface area contributed by atoms with Crippen molar-refractivity contribution in [1.82, 2.24) is 0 Å². The smallest absolute Gasteiger partial charge is 0.326 e. The Balaban J connectivity index is 2.49. The van der Waals surface area contributed by atoms with Crippen molar-refractivity contribution in [2.45, 2.75) is 0 Å². The largest absolute Gasteiger partial charge is 0.443 e. The number of ether oxygens (including phenoxy) is 2. The second-order valence-electron chi connectivity index (χ2n) is 2.15.